The highest BCUT2D eigenvalue weighted by molar-refractivity contribution is 5.83. The average Bonchev–Trinajstić information content (AvgIpc) is 2.74. The summed E-state index contributed by atoms with van der Waals surface area (Å²) in [7, 11) is 0. The normalized spacial score (nSPS) is 12.1. The first kappa shape index (κ1) is 19.1. The third-order valence-electron chi connectivity index (χ3n) is 5.16. The molecule has 1 aromatic heterocycles. The largest absolute Gasteiger partial charge is 0.457 e. The van der Waals surface area contributed by atoms with Crippen molar-refractivity contribution in [3.05, 3.63) is 95.4 Å². The van der Waals surface area contributed by atoms with Crippen LogP contribution in [0.2, 0.25) is 0 Å². The van der Waals surface area contributed by atoms with Crippen LogP contribution < -0.4 is 10.1 Å². The van der Waals surface area contributed by atoms with Crippen molar-refractivity contribution in [1.29, 1.82) is 0 Å². The molecule has 0 bridgehead atoms. The molecule has 1 atom stereocenters. The van der Waals surface area contributed by atoms with Gasteiger partial charge in [0.05, 0.1) is 17.3 Å². The topological polar surface area (TPSA) is 47.0 Å². The van der Waals surface area contributed by atoms with Gasteiger partial charge in [0.1, 0.15) is 17.8 Å². The molecule has 1 heterocycles. The summed E-state index contributed by atoms with van der Waals surface area (Å²) >= 11 is 0. The van der Waals surface area contributed by atoms with E-state index in [1.807, 2.05) is 42.5 Å². The highest BCUT2D eigenvalue weighted by Gasteiger charge is 2.18. The summed E-state index contributed by atoms with van der Waals surface area (Å²) in [6.45, 7) is 7.19. The molecule has 0 saturated heterocycles. The summed E-state index contributed by atoms with van der Waals surface area (Å²) in [5, 5.41) is 4.67. The second kappa shape index (κ2) is 8.41. The van der Waals surface area contributed by atoms with Crippen molar-refractivity contribution in [3.63, 3.8) is 0 Å². The molecule has 0 aliphatic carbocycles. The highest BCUT2D eigenvalue weighted by Crippen LogP contribution is 2.30. The SMILES string of the molecule is CCN[C@H](c1ccc(Oc2ccccc2)cc1)c1ncnc2cc(C)c(C)cc12. The van der Waals surface area contributed by atoms with Gasteiger partial charge in [-0.25, -0.2) is 9.97 Å². The van der Waals surface area contributed by atoms with Crippen molar-refractivity contribution >= 4 is 10.9 Å². The molecule has 3 aromatic carbocycles. The zero-order valence-electron chi connectivity index (χ0n) is 17.0. The lowest BCUT2D eigenvalue weighted by Gasteiger charge is -2.20. The van der Waals surface area contributed by atoms with Crippen LogP contribution in [0.4, 0.5) is 0 Å². The van der Waals surface area contributed by atoms with Crippen LogP contribution in [0.3, 0.4) is 0 Å². The Hall–Kier alpha value is -3.24. The fourth-order valence-electron chi connectivity index (χ4n) is 3.50. The number of nitrogens with zero attached hydrogens (tertiary/aromatic N) is 2. The van der Waals surface area contributed by atoms with Crippen LogP contribution in [0.1, 0.15) is 35.3 Å². The Bertz CT molecular complexity index is 1110. The molecule has 29 heavy (non-hydrogen) atoms. The zero-order valence-corrected chi connectivity index (χ0v) is 17.0. The Kier molecular flexibility index (Phi) is 5.54. The van der Waals surface area contributed by atoms with Crippen LogP contribution in [0, 0.1) is 13.8 Å². The minimum absolute atomic E-state index is 0.0154. The average molecular weight is 383 g/mol. The summed E-state index contributed by atoms with van der Waals surface area (Å²) < 4.78 is 5.93. The molecule has 4 nitrogen and oxygen atoms in total. The van der Waals surface area contributed by atoms with Crippen LogP contribution in [-0.4, -0.2) is 16.5 Å². The quantitative estimate of drug-likeness (QED) is 0.461. The van der Waals surface area contributed by atoms with E-state index in [0.29, 0.717) is 0 Å². The first-order valence-electron chi connectivity index (χ1n) is 9.94. The van der Waals surface area contributed by atoms with Gasteiger partial charge < -0.3 is 10.1 Å². The summed E-state index contributed by atoms with van der Waals surface area (Å²) in [6, 6.07) is 22.3. The molecule has 4 aromatic rings. The molecule has 0 unspecified atom stereocenters. The van der Waals surface area contributed by atoms with Gasteiger partial charge in [-0.3, -0.25) is 0 Å². The van der Waals surface area contributed by atoms with Crippen LogP contribution in [0.15, 0.2) is 73.1 Å². The first-order valence-corrected chi connectivity index (χ1v) is 9.94. The fourth-order valence-corrected chi connectivity index (χ4v) is 3.50. The molecule has 0 aliphatic heterocycles. The van der Waals surface area contributed by atoms with E-state index in [4.69, 9.17) is 4.74 Å². The van der Waals surface area contributed by atoms with E-state index in [0.717, 1.165) is 40.2 Å². The van der Waals surface area contributed by atoms with Crippen molar-refractivity contribution < 1.29 is 4.74 Å². The monoisotopic (exact) mass is 383 g/mol. The molecule has 146 valence electrons. The first-order chi connectivity index (χ1) is 14.2. The molecule has 0 saturated carbocycles. The molecule has 0 fully saturated rings. The molecule has 0 radical (unpaired) electrons. The number of nitrogens with one attached hydrogen (secondary N) is 1. The van der Waals surface area contributed by atoms with Gasteiger partial charge in [0, 0.05) is 5.39 Å². The third kappa shape index (κ3) is 4.13. The number of fused-ring (bicyclic) bond motifs is 1. The zero-order chi connectivity index (χ0) is 20.2. The van der Waals surface area contributed by atoms with Crippen LogP contribution in [-0.2, 0) is 0 Å². The smallest absolute Gasteiger partial charge is 0.127 e. The van der Waals surface area contributed by atoms with Crippen molar-refractivity contribution in [3.8, 4) is 11.5 Å². The Labute approximate surface area is 171 Å². The number of rotatable bonds is 6. The number of ether oxygens (including phenoxy) is 1. The van der Waals surface area contributed by atoms with Gasteiger partial charge in [-0.1, -0.05) is 37.3 Å². The van der Waals surface area contributed by atoms with Crippen LogP contribution >= 0.6 is 0 Å². The maximum Gasteiger partial charge on any atom is 0.127 e. The van der Waals surface area contributed by atoms with Crippen LogP contribution in [0.5, 0.6) is 11.5 Å². The van der Waals surface area contributed by atoms with Gasteiger partial charge in [0.15, 0.2) is 0 Å². The van der Waals surface area contributed by atoms with Gasteiger partial charge in [-0.05, 0) is 73.5 Å². The van der Waals surface area contributed by atoms with Gasteiger partial charge in [-0.15, -0.1) is 0 Å². The second-order valence-electron chi connectivity index (χ2n) is 7.19. The number of para-hydroxylation sites is 1. The van der Waals surface area contributed by atoms with Gasteiger partial charge >= 0.3 is 0 Å². The van der Waals surface area contributed by atoms with Gasteiger partial charge in [0.2, 0.25) is 0 Å². The lowest BCUT2D eigenvalue weighted by molar-refractivity contribution is 0.482. The molecular formula is C25H25N3O. The summed E-state index contributed by atoms with van der Waals surface area (Å²) in [6.07, 6.45) is 1.66. The highest BCUT2D eigenvalue weighted by atomic mass is 16.5. The van der Waals surface area contributed by atoms with Gasteiger partial charge in [0.25, 0.3) is 0 Å². The minimum atomic E-state index is -0.0154. The van der Waals surface area contributed by atoms with Gasteiger partial charge in [-0.2, -0.15) is 0 Å². The number of aromatic nitrogens is 2. The maximum atomic E-state index is 5.93. The van der Waals surface area contributed by atoms with E-state index in [2.05, 4.69) is 60.3 Å². The molecule has 0 aliphatic rings. The van der Waals surface area contributed by atoms with E-state index in [9.17, 15) is 0 Å². The predicted octanol–water partition coefficient (Wildman–Crippen LogP) is 5.74. The van der Waals surface area contributed by atoms with E-state index in [-0.39, 0.29) is 6.04 Å². The number of benzene rings is 3. The molecule has 0 spiro atoms. The van der Waals surface area contributed by atoms with Crippen molar-refractivity contribution in [2.75, 3.05) is 6.54 Å². The molecule has 0 amide bonds. The Morgan fingerprint density at radius 2 is 1.55 bits per heavy atom. The lowest BCUT2D eigenvalue weighted by Crippen LogP contribution is -2.23. The van der Waals surface area contributed by atoms with E-state index in [1.165, 1.54) is 11.1 Å². The van der Waals surface area contributed by atoms with E-state index < -0.39 is 0 Å². The van der Waals surface area contributed by atoms with Crippen molar-refractivity contribution in [2.45, 2.75) is 26.8 Å². The second-order valence-corrected chi connectivity index (χ2v) is 7.19. The fraction of sp³-hybridized carbons (Fsp3) is 0.200. The minimum Gasteiger partial charge on any atom is -0.457 e. The van der Waals surface area contributed by atoms with Crippen LogP contribution in [0.25, 0.3) is 10.9 Å². The molecule has 4 rings (SSSR count). The molecule has 1 N–H and O–H groups in total. The third-order valence-corrected chi connectivity index (χ3v) is 5.16. The number of hydrogen-bond acceptors (Lipinski definition) is 4. The Morgan fingerprint density at radius 1 is 0.862 bits per heavy atom. The number of aryl methyl sites for hydroxylation is 2. The molecular weight excluding hydrogens is 358 g/mol. The summed E-state index contributed by atoms with van der Waals surface area (Å²) in [5.74, 6) is 1.64. The lowest BCUT2D eigenvalue weighted by atomic mass is 9.97. The summed E-state index contributed by atoms with van der Waals surface area (Å²) in [4.78, 5) is 9.14. The van der Waals surface area contributed by atoms with Crippen molar-refractivity contribution in [2.24, 2.45) is 0 Å². The molecule has 4 heteroatoms. The summed E-state index contributed by atoms with van der Waals surface area (Å²) in [5.41, 5.74) is 5.60. The standard InChI is InChI=1S/C25H25N3O/c1-4-26-24(25-22-14-17(2)18(3)15-23(22)27-16-28-25)19-10-12-21(13-11-19)29-20-8-6-5-7-9-20/h5-16,24,26H,4H2,1-3H3/t24-/m1/s1. The number of hydrogen-bond donors (Lipinski definition) is 1. The Balaban J connectivity index is 1.69. The Morgan fingerprint density at radius 3 is 2.28 bits per heavy atom. The predicted molar refractivity (Wildman–Crippen MR) is 117 cm³/mol. The maximum absolute atomic E-state index is 5.93. The van der Waals surface area contributed by atoms with E-state index in [1.54, 1.807) is 6.33 Å². The van der Waals surface area contributed by atoms with E-state index >= 15 is 0 Å². The van der Waals surface area contributed by atoms with Crippen molar-refractivity contribution in [1.82, 2.24) is 15.3 Å².